The first kappa shape index (κ1) is 15.1. The molecule has 2 bridgehead atoms. The first-order valence-corrected chi connectivity index (χ1v) is 8.33. The van der Waals surface area contributed by atoms with E-state index in [1.807, 2.05) is 20.8 Å². The smallest absolute Gasteiger partial charge is 0.407 e. The normalized spacial score (nSPS) is 40.1. The second-order valence-corrected chi connectivity index (χ2v) is 8.96. The number of hydrogen-bond acceptors (Lipinski definition) is 3. The van der Waals surface area contributed by atoms with Crippen LogP contribution in [0.25, 0.3) is 0 Å². The van der Waals surface area contributed by atoms with Crippen LogP contribution >= 0.6 is 0 Å². The maximum Gasteiger partial charge on any atom is 0.407 e. The van der Waals surface area contributed by atoms with Crippen molar-refractivity contribution in [2.45, 2.75) is 53.1 Å². The highest BCUT2D eigenvalue weighted by atomic mass is 16.6. The van der Waals surface area contributed by atoms with E-state index in [9.17, 15) is 4.79 Å². The van der Waals surface area contributed by atoms with Crippen LogP contribution in [0.2, 0.25) is 0 Å². The summed E-state index contributed by atoms with van der Waals surface area (Å²) in [5.74, 6) is 2.31. The molecule has 1 amide bonds. The van der Waals surface area contributed by atoms with Crippen molar-refractivity contribution < 1.29 is 9.53 Å². The van der Waals surface area contributed by atoms with Crippen LogP contribution in [-0.2, 0) is 4.74 Å². The second kappa shape index (κ2) is 4.61. The molecule has 0 radical (unpaired) electrons. The lowest BCUT2D eigenvalue weighted by Gasteiger charge is -2.66. The quantitative estimate of drug-likeness (QED) is 0.823. The Morgan fingerprint density at radius 1 is 1.29 bits per heavy atom. The van der Waals surface area contributed by atoms with Gasteiger partial charge >= 0.3 is 6.09 Å². The largest absolute Gasteiger partial charge is 0.444 e. The summed E-state index contributed by atoms with van der Waals surface area (Å²) in [6, 6.07) is 0. The molecule has 1 heterocycles. The average molecular weight is 294 g/mol. The van der Waals surface area contributed by atoms with Gasteiger partial charge in [0.1, 0.15) is 5.60 Å². The lowest BCUT2D eigenvalue weighted by atomic mass is 9.38. The molecule has 120 valence electrons. The summed E-state index contributed by atoms with van der Waals surface area (Å²) in [5.41, 5.74) is 0.232. The van der Waals surface area contributed by atoms with Crippen LogP contribution in [0, 0.1) is 28.6 Å². The van der Waals surface area contributed by atoms with Crippen LogP contribution in [0.4, 0.5) is 4.79 Å². The van der Waals surface area contributed by atoms with Crippen LogP contribution in [0.15, 0.2) is 0 Å². The molecule has 1 aliphatic heterocycles. The Balaban J connectivity index is 1.69. The fourth-order valence-electron chi connectivity index (χ4n) is 5.17. The van der Waals surface area contributed by atoms with Crippen molar-refractivity contribution >= 4 is 6.09 Å². The molecule has 4 rings (SSSR count). The standard InChI is InChI=1S/C17H30N2O2/c1-15(2,3)21-14(20)19-10-17-9-18-8-12(17)6-11-7-13(17)16(11,4)5/h11-13,18H,6-10H2,1-5H3,(H,19,20). The molecule has 3 aliphatic carbocycles. The first-order valence-electron chi connectivity index (χ1n) is 8.33. The topological polar surface area (TPSA) is 50.4 Å². The molecule has 2 N–H and O–H groups in total. The van der Waals surface area contributed by atoms with Crippen LogP contribution in [0.5, 0.6) is 0 Å². The highest BCUT2D eigenvalue weighted by Gasteiger charge is 2.65. The molecular weight excluding hydrogens is 264 g/mol. The van der Waals surface area contributed by atoms with E-state index in [0.29, 0.717) is 11.3 Å². The molecule has 4 aliphatic rings. The van der Waals surface area contributed by atoms with Gasteiger partial charge in [0.25, 0.3) is 0 Å². The second-order valence-electron chi connectivity index (χ2n) is 8.96. The van der Waals surface area contributed by atoms with Crippen molar-refractivity contribution in [3.8, 4) is 0 Å². The Kier molecular flexibility index (Phi) is 3.32. The highest BCUT2D eigenvalue weighted by molar-refractivity contribution is 5.67. The molecule has 4 fully saturated rings. The fraction of sp³-hybridized carbons (Fsp3) is 0.941. The minimum absolute atomic E-state index is 0.231. The van der Waals surface area contributed by atoms with Crippen molar-refractivity contribution in [3.63, 3.8) is 0 Å². The van der Waals surface area contributed by atoms with Gasteiger partial charge in [-0.05, 0) is 63.3 Å². The Hall–Kier alpha value is -0.770. The number of hydrogen-bond donors (Lipinski definition) is 2. The molecule has 1 saturated heterocycles. The summed E-state index contributed by atoms with van der Waals surface area (Å²) in [4.78, 5) is 12.0. The summed E-state index contributed by atoms with van der Waals surface area (Å²) >= 11 is 0. The van der Waals surface area contributed by atoms with E-state index in [4.69, 9.17) is 4.74 Å². The van der Waals surface area contributed by atoms with Crippen molar-refractivity contribution in [1.29, 1.82) is 0 Å². The molecule has 0 aromatic carbocycles. The maximum atomic E-state index is 12.0. The predicted molar refractivity (Wildman–Crippen MR) is 83.0 cm³/mol. The summed E-state index contributed by atoms with van der Waals surface area (Å²) < 4.78 is 5.40. The molecule has 4 atom stereocenters. The third-order valence-corrected chi connectivity index (χ3v) is 6.35. The maximum absolute atomic E-state index is 12.0. The summed E-state index contributed by atoms with van der Waals surface area (Å²) in [6.45, 7) is 13.4. The molecule has 21 heavy (non-hydrogen) atoms. The van der Waals surface area contributed by atoms with Gasteiger partial charge in [0.05, 0.1) is 0 Å². The molecule has 0 aromatic rings. The summed E-state index contributed by atoms with van der Waals surface area (Å²) in [7, 11) is 0. The molecule has 3 saturated carbocycles. The number of nitrogens with one attached hydrogen (secondary N) is 2. The number of carbonyl (C=O) groups excluding carboxylic acids is 1. The van der Waals surface area contributed by atoms with E-state index in [1.54, 1.807) is 0 Å². The third kappa shape index (κ3) is 2.36. The van der Waals surface area contributed by atoms with Crippen LogP contribution in [0.3, 0.4) is 0 Å². The average Bonchev–Trinajstić information content (AvgIpc) is 2.77. The summed E-state index contributed by atoms with van der Waals surface area (Å²) in [5, 5.41) is 6.64. The zero-order valence-electron chi connectivity index (χ0n) is 14.1. The Labute approximate surface area is 128 Å². The van der Waals surface area contributed by atoms with E-state index >= 15 is 0 Å². The Morgan fingerprint density at radius 3 is 2.62 bits per heavy atom. The number of alkyl carbamates (subject to hydrolysis) is 1. The molecule has 4 unspecified atom stereocenters. The van der Waals surface area contributed by atoms with Crippen molar-refractivity contribution in [2.24, 2.45) is 28.6 Å². The Bertz CT molecular complexity index is 441. The van der Waals surface area contributed by atoms with E-state index in [-0.39, 0.29) is 11.5 Å². The number of ether oxygens (including phenoxy) is 1. The Morgan fingerprint density at radius 2 is 2.00 bits per heavy atom. The van der Waals surface area contributed by atoms with Gasteiger partial charge in [-0.3, -0.25) is 0 Å². The monoisotopic (exact) mass is 294 g/mol. The van der Waals surface area contributed by atoms with Gasteiger partial charge in [-0.25, -0.2) is 4.79 Å². The van der Waals surface area contributed by atoms with E-state index < -0.39 is 5.60 Å². The van der Waals surface area contributed by atoms with Gasteiger partial charge in [-0.2, -0.15) is 0 Å². The third-order valence-electron chi connectivity index (χ3n) is 6.35. The van der Waals surface area contributed by atoms with E-state index in [2.05, 4.69) is 24.5 Å². The minimum Gasteiger partial charge on any atom is -0.444 e. The van der Waals surface area contributed by atoms with E-state index in [0.717, 1.165) is 31.5 Å². The number of carbonyl (C=O) groups is 1. The lowest BCUT2D eigenvalue weighted by Crippen LogP contribution is -2.64. The van der Waals surface area contributed by atoms with E-state index in [1.165, 1.54) is 12.8 Å². The number of rotatable bonds is 2. The van der Waals surface area contributed by atoms with Gasteiger partial charge in [0.2, 0.25) is 0 Å². The van der Waals surface area contributed by atoms with Crippen molar-refractivity contribution in [3.05, 3.63) is 0 Å². The molecule has 4 nitrogen and oxygen atoms in total. The zero-order chi connectivity index (χ0) is 15.5. The number of amides is 1. The predicted octanol–water partition coefficient (Wildman–Crippen LogP) is 2.78. The van der Waals surface area contributed by atoms with Crippen molar-refractivity contribution in [1.82, 2.24) is 10.6 Å². The zero-order valence-corrected chi connectivity index (χ0v) is 14.1. The SMILES string of the molecule is CC(C)(C)OC(=O)NCC12CNCC1CC1CC2C1(C)C. The first-order chi connectivity index (χ1) is 9.65. The fourth-order valence-corrected chi connectivity index (χ4v) is 5.17. The van der Waals surface area contributed by atoms with Crippen LogP contribution in [0.1, 0.15) is 47.5 Å². The van der Waals surface area contributed by atoms with Gasteiger partial charge in [-0.15, -0.1) is 0 Å². The van der Waals surface area contributed by atoms with Crippen LogP contribution < -0.4 is 10.6 Å². The van der Waals surface area contributed by atoms with Gasteiger partial charge in [0, 0.05) is 18.5 Å². The summed E-state index contributed by atoms with van der Waals surface area (Å²) in [6.07, 6.45) is 2.37. The van der Waals surface area contributed by atoms with Gasteiger partial charge in [0.15, 0.2) is 0 Å². The lowest BCUT2D eigenvalue weighted by molar-refractivity contribution is -0.170. The molecule has 0 spiro atoms. The minimum atomic E-state index is -0.428. The van der Waals surface area contributed by atoms with Gasteiger partial charge in [-0.1, -0.05) is 13.8 Å². The van der Waals surface area contributed by atoms with Gasteiger partial charge < -0.3 is 15.4 Å². The highest BCUT2D eigenvalue weighted by Crippen LogP contribution is 2.68. The molecule has 0 aromatic heterocycles. The molecular formula is C17H30N2O2. The van der Waals surface area contributed by atoms with Crippen molar-refractivity contribution in [2.75, 3.05) is 19.6 Å². The van der Waals surface area contributed by atoms with Crippen LogP contribution in [-0.4, -0.2) is 31.3 Å². The molecule has 4 heteroatoms.